The third kappa shape index (κ3) is 6.80. The minimum atomic E-state index is -0.100. The molecule has 0 spiro atoms. The lowest BCUT2D eigenvalue weighted by Crippen LogP contribution is -2.52. The van der Waals surface area contributed by atoms with Crippen molar-refractivity contribution in [3.63, 3.8) is 0 Å². The molecule has 2 aromatic rings. The first-order chi connectivity index (χ1) is 15.6. The van der Waals surface area contributed by atoms with Crippen molar-refractivity contribution in [3.05, 3.63) is 48.5 Å². The van der Waals surface area contributed by atoms with Gasteiger partial charge in [0.15, 0.2) is 13.2 Å². The fourth-order valence-electron chi connectivity index (χ4n) is 3.28. The molecule has 172 valence electrons. The van der Waals surface area contributed by atoms with E-state index in [0.29, 0.717) is 50.9 Å². The highest BCUT2D eigenvalue weighted by molar-refractivity contribution is 5.80. The highest BCUT2D eigenvalue weighted by atomic mass is 16.5. The zero-order valence-electron chi connectivity index (χ0n) is 18.6. The number of carbonyl (C=O) groups excluding carboxylic acids is 2. The van der Waals surface area contributed by atoms with Crippen molar-refractivity contribution in [2.75, 3.05) is 52.6 Å². The molecule has 0 N–H and O–H groups in total. The molecule has 1 saturated heterocycles. The molecule has 0 radical (unpaired) electrons. The molecule has 0 bridgehead atoms. The first-order valence-corrected chi connectivity index (χ1v) is 10.9. The van der Waals surface area contributed by atoms with Crippen LogP contribution in [0.15, 0.2) is 48.5 Å². The Morgan fingerprint density at radius 2 is 0.875 bits per heavy atom. The second-order valence-corrected chi connectivity index (χ2v) is 7.15. The SMILES string of the molecule is CCOc1ccc(OCC(=O)N2CCN(C(=O)COc3ccc(OCC)cc3)CC2)cc1. The molecule has 2 amide bonds. The van der Waals surface area contributed by atoms with Gasteiger partial charge in [-0.3, -0.25) is 9.59 Å². The zero-order chi connectivity index (χ0) is 22.8. The number of nitrogens with zero attached hydrogens (tertiary/aromatic N) is 2. The largest absolute Gasteiger partial charge is 0.494 e. The minimum Gasteiger partial charge on any atom is -0.494 e. The van der Waals surface area contributed by atoms with Gasteiger partial charge in [0.1, 0.15) is 23.0 Å². The predicted octanol–water partition coefficient (Wildman–Crippen LogP) is 2.61. The van der Waals surface area contributed by atoms with E-state index in [0.717, 1.165) is 11.5 Å². The van der Waals surface area contributed by atoms with Gasteiger partial charge in [0, 0.05) is 26.2 Å². The average molecular weight is 443 g/mol. The second-order valence-electron chi connectivity index (χ2n) is 7.15. The number of rotatable bonds is 10. The van der Waals surface area contributed by atoms with E-state index in [-0.39, 0.29) is 25.0 Å². The Bertz CT molecular complexity index is 788. The normalized spacial score (nSPS) is 13.4. The monoisotopic (exact) mass is 442 g/mol. The molecular formula is C24H30N2O6. The Morgan fingerprint density at radius 1 is 0.594 bits per heavy atom. The van der Waals surface area contributed by atoms with Gasteiger partial charge in [0.25, 0.3) is 11.8 Å². The first-order valence-electron chi connectivity index (χ1n) is 10.9. The topological polar surface area (TPSA) is 77.5 Å². The molecule has 2 aromatic carbocycles. The molecule has 1 fully saturated rings. The molecule has 0 aromatic heterocycles. The number of ether oxygens (including phenoxy) is 4. The van der Waals surface area contributed by atoms with Gasteiger partial charge in [-0.1, -0.05) is 0 Å². The maximum absolute atomic E-state index is 12.4. The number of amides is 2. The summed E-state index contributed by atoms with van der Waals surface area (Å²) in [7, 11) is 0. The van der Waals surface area contributed by atoms with Crippen LogP contribution in [0.1, 0.15) is 13.8 Å². The van der Waals surface area contributed by atoms with Crippen molar-refractivity contribution < 1.29 is 28.5 Å². The van der Waals surface area contributed by atoms with Crippen molar-refractivity contribution in [1.29, 1.82) is 0 Å². The summed E-state index contributed by atoms with van der Waals surface area (Å²) in [6, 6.07) is 14.3. The van der Waals surface area contributed by atoms with E-state index in [1.807, 2.05) is 38.1 Å². The third-order valence-electron chi connectivity index (χ3n) is 4.98. The summed E-state index contributed by atoms with van der Waals surface area (Å²) in [5.41, 5.74) is 0. The molecule has 0 atom stereocenters. The smallest absolute Gasteiger partial charge is 0.260 e. The number of hydrogen-bond acceptors (Lipinski definition) is 6. The van der Waals surface area contributed by atoms with E-state index in [1.54, 1.807) is 34.1 Å². The Balaban J connectivity index is 1.37. The quantitative estimate of drug-likeness (QED) is 0.563. The summed E-state index contributed by atoms with van der Waals surface area (Å²) in [4.78, 5) is 28.3. The average Bonchev–Trinajstić information content (AvgIpc) is 2.83. The van der Waals surface area contributed by atoms with Crippen LogP contribution >= 0.6 is 0 Å². The van der Waals surface area contributed by atoms with Crippen LogP contribution < -0.4 is 18.9 Å². The molecule has 32 heavy (non-hydrogen) atoms. The Kier molecular flexibility index (Phi) is 8.60. The minimum absolute atomic E-state index is 0.0389. The number of benzene rings is 2. The molecule has 0 aliphatic carbocycles. The van der Waals surface area contributed by atoms with Gasteiger partial charge < -0.3 is 28.7 Å². The molecule has 1 aliphatic heterocycles. The van der Waals surface area contributed by atoms with Crippen molar-refractivity contribution in [3.8, 4) is 23.0 Å². The van der Waals surface area contributed by atoms with Gasteiger partial charge in [0.2, 0.25) is 0 Å². The van der Waals surface area contributed by atoms with E-state index in [4.69, 9.17) is 18.9 Å². The van der Waals surface area contributed by atoms with E-state index >= 15 is 0 Å². The van der Waals surface area contributed by atoms with E-state index < -0.39 is 0 Å². The number of carbonyl (C=O) groups is 2. The van der Waals surface area contributed by atoms with E-state index in [1.165, 1.54) is 0 Å². The van der Waals surface area contributed by atoms with Gasteiger partial charge in [-0.05, 0) is 62.4 Å². The molecule has 0 saturated carbocycles. The molecule has 1 heterocycles. The maximum Gasteiger partial charge on any atom is 0.260 e. The van der Waals surface area contributed by atoms with Crippen LogP contribution in [-0.4, -0.2) is 74.2 Å². The van der Waals surface area contributed by atoms with Gasteiger partial charge in [-0.15, -0.1) is 0 Å². The lowest BCUT2D eigenvalue weighted by molar-refractivity contribution is -0.141. The maximum atomic E-state index is 12.4. The van der Waals surface area contributed by atoms with Gasteiger partial charge in [0.05, 0.1) is 13.2 Å². The summed E-state index contributed by atoms with van der Waals surface area (Å²) in [6.07, 6.45) is 0. The summed E-state index contributed by atoms with van der Waals surface area (Å²) in [6.45, 7) is 6.85. The van der Waals surface area contributed by atoms with Crippen molar-refractivity contribution >= 4 is 11.8 Å². The van der Waals surface area contributed by atoms with Crippen LogP contribution in [0.4, 0.5) is 0 Å². The van der Waals surface area contributed by atoms with Gasteiger partial charge >= 0.3 is 0 Å². The third-order valence-corrected chi connectivity index (χ3v) is 4.98. The lowest BCUT2D eigenvalue weighted by atomic mass is 10.3. The highest BCUT2D eigenvalue weighted by Crippen LogP contribution is 2.19. The van der Waals surface area contributed by atoms with Crippen LogP contribution in [-0.2, 0) is 9.59 Å². The lowest BCUT2D eigenvalue weighted by Gasteiger charge is -2.34. The van der Waals surface area contributed by atoms with Crippen LogP contribution in [0.2, 0.25) is 0 Å². The Morgan fingerprint density at radius 3 is 1.16 bits per heavy atom. The molecule has 3 rings (SSSR count). The Labute approximate surface area is 188 Å². The van der Waals surface area contributed by atoms with Crippen molar-refractivity contribution in [2.45, 2.75) is 13.8 Å². The fourth-order valence-corrected chi connectivity index (χ4v) is 3.28. The fraction of sp³-hybridized carbons (Fsp3) is 0.417. The summed E-state index contributed by atoms with van der Waals surface area (Å²) in [5.74, 6) is 2.55. The van der Waals surface area contributed by atoms with Gasteiger partial charge in [-0.25, -0.2) is 0 Å². The standard InChI is InChI=1S/C24H30N2O6/c1-3-29-19-5-9-21(10-6-19)31-17-23(27)25-13-15-26(16-14-25)24(28)18-32-22-11-7-20(8-12-22)30-4-2/h5-12H,3-4,13-18H2,1-2H3. The molecule has 1 aliphatic rings. The van der Waals surface area contributed by atoms with Crippen molar-refractivity contribution in [2.24, 2.45) is 0 Å². The van der Waals surface area contributed by atoms with Crippen LogP contribution in [0, 0.1) is 0 Å². The van der Waals surface area contributed by atoms with Crippen molar-refractivity contribution in [1.82, 2.24) is 9.80 Å². The van der Waals surface area contributed by atoms with Gasteiger partial charge in [-0.2, -0.15) is 0 Å². The Hall–Kier alpha value is -3.42. The number of hydrogen-bond donors (Lipinski definition) is 0. The van der Waals surface area contributed by atoms with E-state index in [2.05, 4.69) is 0 Å². The zero-order valence-corrected chi connectivity index (χ0v) is 18.6. The summed E-state index contributed by atoms with van der Waals surface area (Å²) < 4.78 is 21.9. The van der Waals surface area contributed by atoms with Crippen LogP contribution in [0.3, 0.4) is 0 Å². The number of piperazine rings is 1. The van der Waals surface area contributed by atoms with Crippen LogP contribution in [0.5, 0.6) is 23.0 Å². The molecular weight excluding hydrogens is 412 g/mol. The molecule has 8 nitrogen and oxygen atoms in total. The predicted molar refractivity (Wildman–Crippen MR) is 119 cm³/mol. The van der Waals surface area contributed by atoms with Crippen LogP contribution in [0.25, 0.3) is 0 Å². The highest BCUT2D eigenvalue weighted by Gasteiger charge is 2.24. The summed E-state index contributed by atoms with van der Waals surface area (Å²) in [5, 5.41) is 0. The van der Waals surface area contributed by atoms with E-state index in [9.17, 15) is 9.59 Å². The summed E-state index contributed by atoms with van der Waals surface area (Å²) >= 11 is 0. The molecule has 8 heteroatoms. The second kappa shape index (κ2) is 11.8. The molecule has 0 unspecified atom stereocenters. The first kappa shape index (κ1) is 23.2.